The molecule has 0 radical (unpaired) electrons. The second-order valence-corrected chi connectivity index (χ2v) is 8.17. The van der Waals surface area contributed by atoms with Gasteiger partial charge in [0, 0.05) is 6.42 Å². The largest absolute Gasteiger partial charge is 0.444 e. The first kappa shape index (κ1) is 18.9. The summed E-state index contributed by atoms with van der Waals surface area (Å²) in [5, 5.41) is 4.61. The second kappa shape index (κ2) is 7.21. The third-order valence-corrected chi connectivity index (χ3v) is 4.29. The van der Waals surface area contributed by atoms with E-state index in [1.54, 1.807) is 40.7 Å². The summed E-state index contributed by atoms with van der Waals surface area (Å²) < 4.78 is 16.7. The summed E-state index contributed by atoms with van der Waals surface area (Å²) in [7, 11) is 0. The number of hydrogen-bond acceptors (Lipinski definition) is 6. The Balaban J connectivity index is 2.06. The van der Waals surface area contributed by atoms with Crippen molar-refractivity contribution in [1.82, 2.24) is 5.32 Å². The first-order valence-electron chi connectivity index (χ1n) is 7.94. The van der Waals surface area contributed by atoms with Crippen LogP contribution in [0.25, 0.3) is 0 Å². The summed E-state index contributed by atoms with van der Waals surface area (Å²) in [4.78, 5) is 25.2. The molecule has 0 aromatic carbocycles. The van der Waals surface area contributed by atoms with E-state index < -0.39 is 29.6 Å². The predicted octanol–water partition coefficient (Wildman–Crippen LogP) is 3.37. The molecule has 1 aromatic heterocycles. The predicted molar refractivity (Wildman–Crippen MR) is 91.3 cm³/mol. The first-order chi connectivity index (χ1) is 11.1. The lowest BCUT2D eigenvalue weighted by atomic mass is 10.0. The van der Waals surface area contributed by atoms with Crippen LogP contribution in [0.4, 0.5) is 4.79 Å². The fourth-order valence-corrected chi connectivity index (χ4v) is 3.06. The van der Waals surface area contributed by atoms with E-state index in [4.69, 9.17) is 14.2 Å². The van der Waals surface area contributed by atoms with Gasteiger partial charge in [0.05, 0.1) is 17.5 Å². The van der Waals surface area contributed by atoms with Gasteiger partial charge in [-0.1, -0.05) is 6.07 Å². The van der Waals surface area contributed by atoms with Crippen LogP contribution < -0.4 is 5.32 Å². The summed E-state index contributed by atoms with van der Waals surface area (Å²) in [5.74, 6) is -0.774. The van der Waals surface area contributed by atoms with Crippen LogP contribution in [-0.2, 0) is 14.2 Å². The Morgan fingerprint density at radius 2 is 2.17 bits per heavy atom. The molecule has 2 atom stereocenters. The van der Waals surface area contributed by atoms with Crippen molar-refractivity contribution in [3.8, 4) is 0 Å². The molecule has 1 fully saturated rings. The lowest BCUT2D eigenvalue weighted by Crippen LogP contribution is -2.47. The van der Waals surface area contributed by atoms with Crippen LogP contribution in [0.2, 0.25) is 0 Å². The van der Waals surface area contributed by atoms with E-state index in [-0.39, 0.29) is 12.2 Å². The van der Waals surface area contributed by atoms with Crippen LogP contribution in [0.1, 0.15) is 50.7 Å². The van der Waals surface area contributed by atoms with Crippen molar-refractivity contribution in [1.29, 1.82) is 0 Å². The molecule has 1 amide bonds. The van der Waals surface area contributed by atoms with Gasteiger partial charge in [-0.2, -0.15) is 0 Å². The molecule has 1 aromatic rings. The molecule has 134 valence electrons. The monoisotopic (exact) mass is 355 g/mol. The second-order valence-electron chi connectivity index (χ2n) is 7.22. The summed E-state index contributed by atoms with van der Waals surface area (Å²) in [5.41, 5.74) is -0.612. The Morgan fingerprint density at radius 3 is 2.67 bits per heavy atom. The molecule has 6 nitrogen and oxygen atoms in total. The number of rotatable bonds is 5. The Bertz CT molecular complexity index is 576. The molecule has 0 spiro atoms. The maximum Gasteiger partial charge on any atom is 0.407 e. The average molecular weight is 355 g/mol. The number of hydrogen-bond donors (Lipinski definition) is 1. The summed E-state index contributed by atoms with van der Waals surface area (Å²) in [6.07, 6.45) is -0.847. The van der Waals surface area contributed by atoms with E-state index in [9.17, 15) is 9.59 Å². The van der Waals surface area contributed by atoms with Gasteiger partial charge in [-0.3, -0.25) is 4.79 Å². The van der Waals surface area contributed by atoms with Crippen molar-refractivity contribution >= 4 is 23.2 Å². The molecule has 1 aliphatic rings. The van der Waals surface area contributed by atoms with E-state index in [0.717, 1.165) is 0 Å². The maximum absolute atomic E-state index is 12.4. The van der Waals surface area contributed by atoms with Crippen LogP contribution in [-0.4, -0.2) is 42.0 Å². The van der Waals surface area contributed by atoms with Crippen LogP contribution >= 0.6 is 11.3 Å². The quantitative estimate of drug-likeness (QED) is 0.820. The molecule has 24 heavy (non-hydrogen) atoms. The minimum absolute atomic E-state index is 0.0423. The van der Waals surface area contributed by atoms with E-state index in [2.05, 4.69) is 5.32 Å². The zero-order chi connectivity index (χ0) is 18.0. The number of amides is 1. The van der Waals surface area contributed by atoms with Crippen LogP contribution in [0.15, 0.2) is 17.5 Å². The molecule has 2 heterocycles. The molecule has 7 heteroatoms. The van der Waals surface area contributed by atoms with Crippen molar-refractivity contribution < 1.29 is 23.8 Å². The highest BCUT2D eigenvalue weighted by Crippen LogP contribution is 2.26. The Hall–Kier alpha value is -1.44. The van der Waals surface area contributed by atoms with Gasteiger partial charge in [0.2, 0.25) is 0 Å². The van der Waals surface area contributed by atoms with Crippen molar-refractivity contribution in [2.24, 2.45) is 0 Å². The van der Waals surface area contributed by atoms with Crippen molar-refractivity contribution in [3.05, 3.63) is 22.4 Å². The molecule has 1 saturated heterocycles. The zero-order valence-corrected chi connectivity index (χ0v) is 15.6. The van der Waals surface area contributed by atoms with Gasteiger partial charge in [0.25, 0.3) is 0 Å². The Morgan fingerprint density at radius 1 is 1.46 bits per heavy atom. The molecule has 2 rings (SSSR count). The van der Waals surface area contributed by atoms with Gasteiger partial charge < -0.3 is 19.5 Å². The summed E-state index contributed by atoms with van der Waals surface area (Å²) in [6, 6.07) is 3.08. The summed E-state index contributed by atoms with van der Waals surface area (Å²) >= 11 is 1.38. The third-order valence-electron chi connectivity index (χ3n) is 3.38. The van der Waals surface area contributed by atoms with Crippen LogP contribution in [0.3, 0.4) is 0 Å². The van der Waals surface area contributed by atoms with Crippen molar-refractivity contribution in [2.45, 2.75) is 64.6 Å². The van der Waals surface area contributed by atoms with E-state index >= 15 is 0 Å². The first-order valence-corrected chi connectivity index (χ1v) is 8.82. The molecular weight excluding hydrogens is 330 g/mol. The molecule has 0 saturated carbocycles. The van der Waals surface area contributed by atoms with Crippen molar-refractivity contribution in [3.63, 3.8) is 0 Å². The number of Topliss-reactive ketones (excluding diaryl/α,β-unsaturated/α-hetero) is 1. The fraction of sp³-hybridized carbons (Fsp3) is 0.647. The van der Waals surface area contributed by atoms with Gasteiger partial charge in [-0.15, -0.1) is 11.3 Å². The number of thiophene rings is 1. The van der Waals surface area contributed by atoms with Gasteiger partial charge in [0.1, 0.15) is 11.7 Å². The topological polar surface area (TPSA) is 73.9 Å². The van der Waals surface area contributed by atoms with E-state index in [1.165, 1.54) is 11.3 Å². The maximum atomic E-state index is 12.4. The minimum Gasteiger partial charge on any atom is -0.444 e. The van der Waals surface area contributed by atoms with Crippen molar-refractivity contribution in [2.75, 3.05) is 6.61 Å². The standard InChI is InChI=1S/C17H25NO5S/c1-16(2,3)23-15(20)18-11(13-10-21-17(4,5)22-13)9-12(19)14-7-6-8-24-14/h6-8,11,13H,9-10H2,1-5H3,(H,18,20). The van der Waals surface area contributed by atoms with E-state index in [1.807, 2.05) is 11.4 Å². The number of ketones is 1. The Labute approximate surface area is 146 Å². The van der Waals surface area contributed by atoms with Crippen LogP contribution in [0, 0.1) is 0 Å². The number of carbonyl (C=O) groups excluding carboxylic acids is 2. The zero-order valence-electron chi connectivity index (χ0n) is 14.8. The molecule has 1 N–H and O–H groups in total. The fourth-order valence-electron chi connectivity index (χ4n) is 2.39. The third kappa shape index (κ3) is 5.58. The molecule has 1 aliphatic heterocycles. The molecular formula is C17H25NO5S. The average Bonchev–Trinajstić information content (AvgIpc) is 3.04. The number of nitrogens with one attached hydrogen (secondary N) is 1. The summed E-state index contributed by atoms with van der Waals surface area (Å²) in [6.45, 7) is 9.28. The highest BCUT2D eigenvalue weighted by atomic mass is 32.1. The number of ether oxygens (including phenoxy) is 3. The van der Waals surface area contributed by atoms with Crippen LogP contribution in [0.5, 0.6) is 0 Å². The number of carbonyl (C=O) groups is 2. The highest BCUT2D eigenvalue weighted by molar-refractivity contribution is 7.12. The SMILES string of the molecule is CC(C)(C)OC(=O)NC(CC(=O)c1cccs1)C1COC(C)(C)O1. The minimum atomic E-state index is -0.732. The number of alkyl carbamates (subject to hydrolysis) is 1. The normalized spacial score (nSPS) is 21.3. The van der Waals surface area contributed by atoms with Gasteiger partial charge in [-0.25, -0.2) is 4.79 Å². The van der Waals surface area contributed by atoms with Gasteiger partial charge in [-0.05, 0) is 46.1 Å². The molecule has 0 aliphatic carbocycles. The molecule has 2 unspecified atom stereocenters. The van der Waals surface area contributed by atoms with Gasteiger partial charge in [0.15, 0.2) is 11.6 Å². The van der Waals surface area contributed by atoms with Gasteiger partial charge >= 0.3 is 6.09 Å². The molecule has 0 bridgehead atoms. The highest BCUT2D eigenvalue weighted by Gasteiger charge is 2.39. The lowest BCUT2D eigenvalue weighted by molar-refractivity contribution is -0.141. The van der Waals surface area contributed by atoms with E-state index in [0.29, 0.717) is 11.5 Å². The lowest BCUT2D eigenvalue weighted by Gasteiger charge is -2.27. The smallest absolute Gasteiger partial charge is 0.407 e. The Kier molecular flexibility index (Phi) is 5.67.